The van der Waals surface area contributed by atoms with Gasteiger partial charge in [-0.05, 0) is 32.7 Å². The van der Waals surface area contributed by atoms with Crippen LogP contribution in [-0.4, -0.2) is 23.3 Å². The normalized spacial score (nSPS) is 48.5. The second kappa shape index (κ2) is 3.00. The van der Waals surface area contributed by atoms with Crippen LogP contribution in [-0.2, 0) is 0 Å². The summed E-state index contributed by atoms with van der Waals surface area (Å²) in [5.74, 6) is 0.514. The molecule has 3 atom stereocenters. The lowest BCUT2D eigenvalue weighted by Gasteiger charge is -2.47. The summed E-state index contributed by atoms with van der Waals surface area (Å²) in [4.78, 5) is 0. The predicted molar refractivity (Wildman–Crippen MR) is 49.0 cm³/mol. The van der Waals surface area contributed by atoms with E-state index >= 15 is 0 Å². The van der Waals surface area contributed by atoms with E-state index in [1.807, 2.05) is 0 Å². The Kier molecular flexibility index (Phi) is 2.13. The molecule has 0 amide bonds. The van der Waals surface area contributed by atoms with Crippen molar-refractivity contribution in [1.82, 2.24) is 5.32 Å². The topological polar surface area (TPSA) is 32.3 Å². The van der Waals surface area contributed by atoms with E-state index in [0.717, 1.165) is 19.4 Å². The summed E-state index contributed by atoms with van der Waals surface area (Å²) in [6.45, 7) is 3.20. The van der Waals surface area contributed by atoms with Gasteiger partial charge in [0.25, 0.3) is 0 Å². The maximum atomic E-state index is 10.3. The van der Waals surface area contributed by atoms with Gasteiger partial charge in [0, 0.05) is 12.0 Å². The zero-order valence-corrected chi connectivity index (χ0v) is 7.84. The van der Waals surface area contributed by atoms with E-state index in [0.29, 0.717) is 12.0 Å². The van der Waals surface area contributed by atoms with Gasteiger partial charge in [0.2, 0.25) is 0 Å². The summed E-state index contributed by atoms with van der Waals surface area (Å²) >= 11 is 0. The van der Waals surface area contributed by atoms with Gasteiger partial charge in [-0.15, -0.1) is 0 Å². The molecule has 2 fully saturated rings. The Bertz CT molecular complexity index is 167. The lowest BCUT2D eigenvalue weighted by Crippen LogP contribution is -2.56. The third-order valence-corrected chi connectivity index (χ3v) is 3.69. The molecule has 1 saturated heterocycles. The average molecular weight is 169 g/mol. The number of aliphatic hydroxyl groups is 1. The highest BCUT2D eigenvalue weighted by Gasteiger charge is 2.43. The van der Waals surface area contributed by atoms with E-state index in [1.165, 1.54) is 19.3 Å². The highest BCUT2D eigenvalue weighted by atomic mass is 16.3. The van der Waals surface area contributed by atoms with Crippen molar-refractivity contribution in [1.29, 1.82) is 0 Å². The van der Waals surface area contributed by atoms with Crippen molar-refractivity contribution < 1.29 is 5.11 Å². The van der Waals surface area contributed by atoms with Gasteiger partial charge < -0.3 is 10.4 Å². The van der Waals surface area contributed by atoms with Crippen LogP contribution < -0.4 is 5.32 Å². The zero-order valence-electron chi connectivity index (χ0n) is 7.84. The number of hydrogen-bond donors (Lipinski definition) is 2. The summed E-state index contributed by atoms with van der Waals surface area (Å²) in [6, 6.07) is 0.518. The Morgan fingerprint density at radius 3 is 2.92 bits per heavy atom. The third-order valence-electron chi connectivity index (χ3n) is 3.69. The molecule has 1 aliphatic heterocycles. The molecule has 0 radical (unpaired) electrons. The quantitative estimate of drug-likeness (QED) is 0.572. The second-order valence-electron chi connectivity index (χ2n) is 4.45. The first kappa shape index (κ1) is 8.52. The molecule has 0 aromatic carbocycles. The SMILES string of the molecule is C[C@H]1NCC[C@@]2(O)CCCC[C@@H]12. The summed E-state index contributed by atoms with van der Waals surface area (Å²) < 4.78 is 0. The van der Waals surface area contributed by atoms with Gasteiger partial charge in [-0.3, -0.25) is 0 Å². The van der Waals surface area contributed by atoms with Gasteiger partial charge >= 0.3 is 0 Å². The van der Waals surface area contributed by atoms with E-state index < -0.39 is 0 Å². The summed E-state index contributed by atoms with van der Waals surface area (Å²) in [7, 11) is 0. The molecule has 0 spiro atoms. The van der Waals surface area contributed by atoms with Crippen molar-refractivity contribution in [3.63, 3.8) is 0 Å². The number of hydrogen-bond acceptors (Lipinski definition) is 2. The van der Waals surface area contributed by atoms with Gasteiger partial charge in [-0.25, -0.2) is 0 Å². The van der Waals surface area contributed by atoms with E-state index in [1.54, 1.807) is 0 Å². The van der Waals surface area contributed by atoms with Crippen molar-refractivity contribution in [2.24, 2.45) is 5.92 Å². The molecule has 1 heterocycles. The van der Waals surface area contributed by atoms with Crippen molar-refractivity contribution in [3.8, 4) is 0 Å². The summed E-state index contributed by atoms with van der Waals surface area (Å²) in [5.41, 5.74) is -0.317. The van der Waals surface area contributed by atoms with Gasteiger partial charge in [0.1, 0.15) is 0 Å². The Hall–Kier alpha value is -0.0800. The van der Waals surface area contributed by atoms with Crippen LogP contribution in [0.15, 0.2) is 0 Å². The largest absolute Gasteiger partial charge is 0.389 e. The third kappa shape index (κ3) is 1.27. The zero-order chi connectivity index (χ0) is 8.60. The summed E-state index contributed by atoms with van der Waals surface area (Å²) in [6.07, 6.45) is 5.73. The number of nitrogens with one attached hydrogen (secondary N) is 1. The number of piperidine rings is 1. The van der Waals surface area contributed by atoms with Crippen LogP contribution in [0.4, 0.5) is 0 Å². The minimum atomic E-state index is -0.317. The van der Waals surface area contributed by atoms with Crippen LogP contribution in [0, 0.1) is 5.92 Å². The minimum Gasteiger partial charge on any atom is -0.389 e. The van der Waals surface area contributed by atoms with Crippen molar-refractivity contribution in [3.05, 3.63) is 0 Å². The molecule has 0 bridgehead atoms. The fourth-order valence-corrected chi connectivity index (χ4v) is 2.93. The molecule has 70 valence electrons. The first-order chi connectivity index (χ1) is 5.72. The lowest BCUT2D eigenvalue weighted by atomic mass is 9.68. The molecule has 2 rings (SSSR count). The predicted octanol–water partition coefficient (Wildman–Crippen LogP) is 1.29. The van der Waals surface area contributed by atoms with Crippen LogP contribution in [0.25, 0.3) is 0 Å². The Morgan fingerprint density at radius 1 is 1.33 bits per heavy atom. The number of fused-ring (bicyclic) bond motifs is 1. The molecule has 12 heavy (non-hydrogen) atoms. The molecule has 2 nitrogen and oxygen atoms in total. The maximum absolute atomic E-state index is 10.3. The van der Waals surface area contributed by atoms with Gasteiger partial charge in [0.05, 0.1) is 5.60 Å². The van der Waals surface area contributed by atoms with E-state index in [9.17, 15) is 5.11 Å². The molecule has 2 aliphatic rings. The van der Waals surface area contributed by atoms with Crippen molar-refractivity contribution >= 4 is 0 Å². The van der Waals surface area contributed by atoms with E-state index in [4.69, 9.17) is 0 Å². The van der Waals surface area contributed by atoms with E-state index in [-0.39, 0.29) is 5.60 Å². The standard InChI is InChI=1S/C10H19NO/c1-8-9-4-2-3-5-10(9,12)6-7-11-8/h8-9,11-12H,2-7H2,1H3/t8-,9+,10+/m1/s1. The van der Waals surface area contributed by atoms with Crippen LogP contribution in [0.3, 0.4) is 0 Å². The monoisotopic (exact) mass is 169 g/mol. The first-order valence-corrected chi connectivity index (χ1v) is 5.18. The molecule has 2 heteroatoms. The Morgan fingerprint density at radius 2 is 2.17 bits per heavy atom. The molecule has 2 N–H and O–H groups in total. The van der Waals surface area contributed by atoms with Gasteiger partial charge in [-0.2, -0.15) is 0 Å². The van der Waals surface area contributed by atoms with Gasteiger partial charge in [0.15, 0.2) is 0 Å². The fraction of sp³-hybridized carbons (Fsp3) is 1.00. The van der Waals surface area contributed by atoms with Crippen LogP contribution in [0.1, 0.15) is 39.0 Å². The number of rotatable bonds is 0. The van der Waals surface area contributed by atoms with Crippen LogP contribution >= 0.6 is 0 Å². The van der Waals surface area contributed by atoms with Crippen LogP contribution in [0.5, 0.6) is 0 Å². The van der Waals surface area contributed by atoms with Crippen LogP contribution in [0.2, 0.25) is 0 Å². The smallest absolute Gasteiger partial charge is 0.0702 e. The van der Waals surface area contributed by atoms with Gasteiger partial charge in [-0.1, -0.05) is 12.8 Å². The second-order valence-corrected chi connectivity index (χ2v) is 4.45. The molecule has 1 saturated carbocycles. The van der Waals surface area contributed by atoms with Crippen molar-refractivity contribution in [2.45, 2.75) is 50.7 Å². The molecule has 1 aliphatic carbocycles. The average Bonchev–Trinajstić information content (AvgIpc) is 2.04. The highest BCUT2D eigenvalue weighted by Crippen LogP contribution is 2.40. The molecule has 0 aromatic heterocycles. The minimum absolute atomic E-state index is 0.317. The summed E-state index contributed by atoms with van der Waals surface area (Å²) in [5, 5.41) is 13.8. The Labute approximate surface area is 74.4 Å². The van der Waals surface area contributed by atoms with Crippen molar-refractivity contribution in [2.75, 3.05) is 6.54 Å². The van der Waals surface area contributed by atoms with E-state index in [2.05, 4.69) is 12.2 Å². The fourth-order valence-electron chi connectivity index (χ4n) is 2.93. The molecular weight excluding hydrogens is 150 g/mol. The Balaban J connectivity index is 2.12. The molecule has 0 aromatic rings. The lowest BCUT2D eigenvalue weighted by molar-refractivity contribution is -0.0823. The first-order valence-electron chi connectivity index (χ1n) is 5.18. The molecule has 0 unspecified atom stereocenters. The molecular formula is C10H19NO. The highest BCUT2D eigenvalue weighted by molar-refractivity contribution is 4.98. The maximum Gasteiger partial charge on any atom is 0.0702 e.